The van der Waals surface area contributed by atoms with E-state index >= 15 is 0 Å². The lowest BCUT2D eigenvalue weighted by molar-refractivity contribution is -0.146. The zero-order valence-corrected chi connectivity index (χ0v) is 7.86. The maximum atomic E-state index is 11.7. The monoisotopic (exact) mass is 227 g/mol. The Labute approximate surface area is 81.9 Å². The van der Waals surface area contributed by atoms with E-state index in [0.717, 1.165) is 11.3 Å². The second-order valence-electron chi connectivity index (χ2n) is 2.45. The van der Waals surface area contributed by atoms with Gasteiger partial charge in [0.15, 0.2) is 0 Å². The van der Waals surface area contributed by atoms with Gasteiger partial charge in [-0.3, -0.25) is 0 Å². The molecule has 4 nitrogen and oxygen atoms in total. The lowest BCUT2D eigenvalue weighted by Gasteiger charge is -2.05. The summed E-state index contributed by atoms with van der Waals surface area (Å²) in [6.45, 7) is -0.353. The van der Waals surface area contributed by atoms with Crippen molar-refractivity contribution in [1.82, 2.24) is 10.2 Å². The van der Waals surface area contributed by atoms with Crippen molar-refractivity contribution in [3.8, 4) is 0 Å². The quantitative estimate of drug-likeness (QED) is 0.793. The lowest BCUT2D eigenvalue weighted by atomic mass is 10.4. The lowest BCUT2D eigenvalue weighted by Crippen LogP contribution is -2.11. The summed E-state index contributed by atoms with van der Waals surface area (Å²) in [7, 11) is 0. The molecule has 0 aromatic carbocycles. The number of anilines is 1. The average molecular weight is 227 g/mol. The smallest absolute Gasteiger partial charge is 0.374 e. The Balaban J connectivity index is 2.16. The first-order valence-corrected chi connectivity index (χ1v) is 4.51. The fraction of sp³-hybridized carbons (Fsp3) is 0.667. The van der Waals surface area contributed by atoms with Gasteiger partial charge < -0.3 is 10.5 Å². The van der Waals surface area contributed by atoms with Crippen LogP contribution in [-0.4, -0.2) is 23.0 Å². The van der Waals surface area contributed by atoms with Crippen molar-refractivity contribution in [1.29, 1.82) is 0 Å². The Morgan fingerprint density at radius 2 is 2.07 bits per heavy atom. The molecule has 0 aliphatic rings. The number of nitrogen functional groups attached to an aromatic ring is 1. The highest BCUT2D eigenvalue weighted by atomic mass is 32.1. The third-order valence-electron chi connectivity index (χ3n) is 1.24. The Morgan fingerprint density at radius 3 is 2.57 bits per heavy atom. The number of halogens is 3. The second-order valence-corrected chi connectivity index (χ2v) is 3.55. The zero-order valence-electron chi connectivity index (χ0n) is 7.04. The average Bonchev–Trinajstić information content (AvgIpc) is 2.44. The van der Waals surface area contributed by atoms with Gasteiger partial charge in [-0.15, -0.1) is 10.2 Å². The van der Waals surface area contributed by atoms with Crippen LogP contribution in [0.5, 0.6) is 0 Å². The largest absolute Gasteiger partial charge is 0.391 e. The summed E-state index contributed by atoms with van der Waals surface area (Å²) in [5, 5.41) is 7.83. The van der Waals surface area contributed by atoms with Crippen LogP contribution in [0.3, 0.4) is 0 Å². The van der Waals surface area contributed by atoms with Gasteiger partial charge in [0, 0.05) is 0 Å². The number of rotatable bonds is 4. The molecule has 0 saturated carbocycles. The molecule has 1 aromatic heterocycles. The standard InChI is InChI=1S/C6H8F3N3OS/c7-6(8,9)1-2-13-3-4-11-12-5(10)14-4/h1-3H2,(H2,10,12). The number of hydrogen-bond donors (Lipinski definition) is 1. The Bertz CT molecular complexity index is 288. The summed E-state index contributed by atoms with van der Waals surface area (Å²) in [6.07, 6.45) is -5.14. The molecule has 0 fully saturated rings. The zero-order chi connectivity index (χ0) is 10.6. The van der Waals surface area contributed by atoms with E-state index in [1.165, 1.54) is 0 Å². The highest BCUT2D eigenvalue weighted by Gasteiger charge is 2.26. The Hall–Kier alpha value is -0.890. The van der Waals surface area contributed by atoms with Crippen LogP contribution in [-0.2, 0) is 11.3 Å². The molecule has 0 radical (unpaired) electrons. The van der Waals surface area contributed by atoms with Crippen LogP contribution in [0.4, 0.5) is 18.3 Å². The fourth-order valence-corrected chi connectivity index (χ4v) is 1.22. The van der Waals surface area contributed by atoms with Crippen molar-refractivity contribution in [2.24, 2.45) is 0 Å². The molecule has 0 aliphatic heterocycles. The van der Waals surface area contributed by atoms with Crippen molar-refractivity contribution < 1.29 is 17.9 Å². The highest BCUT2D eigenvalue weighted by molar-refractivity contribution is 7.15. The molecule has 0 spiro atoms. The predicted molar refractivity (Wildman–Crippen MR) is 44.6 cm³/mol. The minimum atomic E-state index is -4.18. The molecule has 0 bridgehead atoms. The van der Waals surface area contributed by atoms with Gasteiger partial charge in [-0.1, -0.05) is 11.3 Å². The van der Waals surface area contributed by atoms with Gasteiger partial charge in [0.1, 0.15) is 11.6 Å². The van der Waals surface area contributed by atoms with Crippen LogP contribution in [0.2, 0.25) is 0 Å². The summed E-state index contributed by atoms with van der Waals surface area (Å²) in [4.78, 5) is 0. The third kappa shape index (κ3) is 4.38. The molecule has 1 rings (SSSR count). The number of nitrogens with two attached hydrogens (primary N) is 1. The van der Waals surface area contributed by atoms with E-state index in [9.17, 15) is 13.2 Å². The predicted octanol–water partition coefficient (Wildman–Crippen LogP) is 1.59. The van der Waals surface area contributed by atoms with Crippen molar-refractivity contribution in [3.63, 3.8) is 0 Å². The molecule has 80 valence electrons. The van der Waals surface area contributed by atoms with Crippen LogP contribution in [0, 0.1) is 0 Å². The molecule has 0 aliphatic carbocycles. The topological polar surface area (TPSA) is 61.0 Å². The maximum Gasteiger partial charge on any atom is 0.391 e. The minimum absolute atomic E-state index is 0.0188. The molecule has 0 amide bonds. The van der Waals surface area contributed by atoms with Crippen LogP contribution in [0.25, 0.3) is 0 Å². The highest BCUT2D eigenvalue weighted by Crippen LogP contribution is 2.19. The minimum Gasteiger partial charge on any atom is -0.374 e. The van der Waals surface area contributed by atoms with Gasteiger partial charge in [0.2, 0.25) is 5.13 Å². The molecule has 0 unspecified atom stereocenters. The first-order chi connectivity index (χ1) is 6.47. The number of ether oxygens (including phenoxy) is 1. The number of hydrogen-bond acceptors (Lipinski definition) is 5. The van der Waals surface area contributed by atoms with Gasteiger partial charge in [0.05, 0.1) is 13.0 Å². The van der Waals surface area contributed by atoms with Gasteiger partial charge in [-0.25, -0.2) is 0 Å². The maximum absolute atomic E-state index is 11.7. The van der Waals surface area contributed by atoms with Gasteiger partial charge in [0.25, 0.3) is 0 Å². The summed E-state index contributed by atoms with van der Waals surface area (Å²) in [5.74, 6) is 0. The first kappa shape index (κ1) is 11.2. The van der Waals surface area contributed by atoms with Crippen molar-refractivity contribution in [3.05, 3.63) is 5.01 Å². The summed E-state index contributed by atoms with van der Waals surface area (Å²) in [6, 6.07) is 0. The molecule has 1 heterocycles. The molecular formula is C6H8F3N3OS. The number of aromatic nitrogens is 2. The van der Waals surface area contributed by atoms with Crippen molar-refractivity contribution >= 4 is 16.5 Å². The van der Waals surface area contributed by atoms with E-state index in [1.54, 1.807) is 0 Å². The third-order valence-corrected chi connectivity index (χ3v) is 1.96. The van der Waals surface area contributed by atoms with E-state index in [4.69, 9.17) is 10.5 Å². The van der Waals surface area contributed by atoms with Crippen molar-refractivity contribution in [2.45, 2.75) is 19.2 Å². The van der Waals surface area contributed by atoms with Crippen LogP contribution in [0.1, 0.15) is 11.4 Å². The summed E-state index contributed by atoms with van der Waals surface area (Å²) in [5.41, 5.74) is 5.26. The van der Waals surface area contributed by atoms with E-state index in [2.05, 4.69) is 10.2 Å². The van der Waals surface area contributed by atoms with Crippen LogP contribution in [0.15, 0.2) is 0 Å². The second kappa shape index (κ2) is 4.56. The van der Waals surface area contributed by atoms with Crippen LogP contribution < -0.4 is 5.73 Å². The molecular weight excluding hydrogens is 219 g/mol. The summed E-state index contributed by atoms with van der Waals surface area (Å²) < 4.78 is 39.7. The molecule has 2 N–H and O–H groups in total. The molecule has 0 saturated heterocycles. The number of nitrogens with zero attached hydrogens (tertiary/aromatic N) is 2. The normalized spacial score (nSPS) is 11.9. The Kier molecular flexibility index (Phi) is 3.64. The van der Waals surface area contributed by atoms with E-state index < -0.39 is 12.6 Å². The van der Waals surface area contributed by atoms with E-state index in [-0.39, 0.29) is 18.3 Å². The van der Waals surface area contributed by atoms with Gasteiger partial charge in [-0.2, -0.15) is 13.2 Å². The number of alkyl halides is 3. The summed E-state index contributed by atoms with van der Waals surface area (Å²) >= 11 is 1.09. The molecule has 8 heteroatoms. The van der Waals surface area contributed by atoms with Crippen LogP contribution >= 0.6 is 11.3 Å². The van der Waals surface area contributed by atoms with E-state index in [0.29, 0.717) is 5.01 Å². The molecule has 14 heavy (non-hydrogen) atoms. The molecule has 0 atom stereocenters. The van der Waals surface area contributed by atoms with Crippen molar-refractivity contribution in [2.75, 3.05) is 12.3 Å². The SMILES string of the molecule is Nc1nnc(COCCC(F)(F)F)s1. The Morgan fingerprint density at radius 1 is 1.36 bits per heavy atom. The van der Waals surface area contributed by atoms with Gasteiger partial charge in [-0.05, 0) is 0 Å². The van der Waals surface area contributed by atoms with E-state index in [1.807, 2.05) is 0 Å². The first-order valence-electron chi connectivity index (χ1n) is 3.70. The fourth-order valence-electron chi connectivity index (χ4n) is 0.672. The van der Waals surface area contributed by atoms with Gasteiger partial charge >= 0.3 is 6.18 Å². The molecule has 1 aromatic rings.